The fourth-order valence-electron chi connectivity index (χ4n) is 3.05. The largest absolute Gasteiger partial charge is 0.339 e. The fraction of sp³-hybridized carbons (Fsp3) is 0.588. The van der Waals surface area contributed by atoms with Gasteiger partial charge in [-0.1, -0.05) is 29.8 Å². The third-order valence-electron chi connectivity index (χ3n) is 4.24. The first kappa shape index (κ1) is 17.9. The maximum absolute atomic E-state index is 12.3. The van der Waals surface area contributed by atoms with Crippen molar-refractivity contribution in [3.05, 3.63) is 35.4 Å². The second-order valence-electron chi connectivity index (χ2n) is 6.15. The zero-order valence-electron chi connectivity index (χ0n) is 13.9. The summed E-state index contributed by atoms with van der Waals surface area (Å²) in [5.74, 6) is 0.349. The average Bonchev–Trinajstić information content (AvgIpc) is 2.84. The first-order chi connectivity index (χ1) is 10.9. The van der Waals surface area contributed by atoms with Crippen LogP contribution in [0.3, 0.4) is 0 Å². The van der Waals surface area contributed by atoms with Gasteiger partial charge >= 0.3 is 0 Å². The number of carbonyl (C=O) groups excluding carboxylic acids is 1. The van der Waals surface area contributed by atoms with E-state index in [1.165, 1.54) is 11.1 Å². The Hall–Kier alpha value is -1.40. The number of nitrogens with one attached hydrogen (secondary N) is 1. The lowest BCUT2D eigenvalue weighted by Gasteiger charge is -2.27. The molecule has 0 radical (unpaired) electrons. The topological polar surface area (TPSA) is 66.5 Å². The lowest BCUT2D eigenvalue weighted by atomic mass is 10.1. The Balaban J connectivity index is 1.77. The van der Waals surface area contributed by atoms with Crippen LogP contribution in [0.4, 0.5) is 0 Å². The molecule has 0 spiro atoms. The van der Waals surface area contributed by atoms with Crippen molar-refractivity contribution < 1.29 is 13.2 Å². The number of hydrogen-bond acceptors (Lipinski definition) is 4. The van der Waals surface area contributed by atoms with E-state index in [-0.39, 0.29) is 23.5 Å². The molecular weight excluding hydrogens is 312 g/mol. The molecule has 1 aromatic rings. The Bertz CT molecular complexity index is 643. The van der Waals surface area contributed by atoms with Gasteiger partial charge in [-0.3, -0.25) is 4.79 Å². The number of nitrogens with zero attached hydrogens (tertiary/aromatic N) is 1. The third-order valence-corrected chi connectivity index (χ3v) is 5.99. The molecule has 0 aliphatic carbocycles. The quantitative estimate of drug-likeness (QED) is 0.765. The molecule has 1 aliphatic heterocycles. The summed E-state index contributed by atoms with van der Waals surface area (Å²) in [6, 6.07) is 8.12. The first-order valence-electron chi connectivity index (χ1n) is 8.17. The zero-order valence-corrected chi connectivity index (χ0v) is 14.7. The molecule has 128 valence electrons. The number of rotatable bonds is 7. The molecule has 23 heavy (non-hydrogen) atoms. The molecule has 1 heterocycles. The van der Waals surface area contributed by atoms with Gasteiger partial charge in [0.15, 0.2) is 9.84 Å². The fourth-order valence-corrected chi connectivity index (χ4v) is 4.78. The van der Waals surface area contributed by atoms with E-state index in [0.717, 1.165) is 6.54 Å². The summed E-state index contributed by atoms with van der Waals surface area (Å²) < 4.78 is 23.2. The van der Waals surface area contributed by atoms with Crippen molar-refractivity contribution in [3.63, 3.8) is 0 Å². The molecule has 6 heteroatoms. The number of hydrogen-bond donors (Lipinski definition) is 1. The normalized spacial score (nSPS) is 19.7. The van der Waals surface area contributed by atoms with Crippen LogP contribution in [0.5, 0.6) is 0 Å². The van der Waals surface area contributed by atoms with Crippen LogP contribution in [-0.4, -0.2) is 49.9 Å². The summed E-state index contributed by atoms with van der Waals surface area (Å²) in [7, 11) is -2.96. The van der Waals surface area contributed by atoms with Crippen LogP contribution in [0, 0.1) is 6.92 Å². The Morgan fingerprint density at radius 3 is 2.78 bits per heavy atom. The molecule has 0 bridgehead atoms. The van der Waals surface area contributed by atoms with Crippen LogP contribution in [0.25, 0.3) is 0 Å². The average molecular weight is 338 g/mol. The van der Waals surface area contributed by atoms with Crippen molar-refractivity contribution in [2.75, 3.05) is 24.6 Å². The number of amides is 1. The van der Waals surface area contributed by atoms with Gasteiger partial charge in [-0.25, -0.2) is 8.42 Å². The van der Waals surface area contributed by atoms with Gasteiger partial charge in [0.05, 0.1) is 11.5 Å². The molecule has 1 atom stereocenters. The van der Waals surface area contributed by atoms with Crippen LogP contribution in [0.15, 0.2) is 24.3 Å². The number of carbonyl (C=O) groups is 1. The minimum Gasteiger partial charge on any atom is -0.339 e. The standard InChI is InChI=1S/C17H26N2O3S/c1-3-19(16-8-10-23(21,22)13-16)17(20)7-9-18-12-15-6-4-5-14(2)11-15/h4-6,11,16,18H,3,7-10,12-13H2,1-2H3. The van der Waals surface area contributed by atoms with E-state index >= 15 is 0 Å². The monoisotopic (exact) mass is 338 g/mol. The lowest BCUT2D eigenvalue weighted by Crippen LogP contribution is -2.41. The Kier molecular flexibility index (Phi) is 6.18. The van der Waals surface area contributed by atoms with E-state index < -0.39 is 9.84 Å². The molecule has 1 aromatic carbocycles. The number of sulfone groups is 1. The number of benzene rings is 1. The van der Waals surface area contributed by atoms with E-state index in [1.807, 2.05) is 13.0 Å². The van der Waals surface area contributed by atoms with Crippen molar-refractivity contribution in [3.8, 4) is 0 Å². The highest BCUT2D eigenvalue weighted by Crippen LogP contribution is 2.18. The Labute approximate surface area is 139 Å². The summed E-state index contributed by atoms with van der Waals surface area (Å²) in [6.07, 6.45) is 0.967. The molecule has 0 aromatic heterocycles. The molecule has 1 N–H and O–H groups in total. The van der Waals surface area contributed by atoms with Crippen molar-refractivity contribution in [2.24, 2.45) is 0 Å². The summed E-state index contributed by atoms with van der Waals surface area (Å²) in [6.45, 7) is 5.86. The predicted molar refractivity (Wildman–Crippen MR) is 91.9 cm³/mol. The van der Waals surface area contributed by atoms with Gasteiger partial charge in [0.1, 0.15) is 0 Å². The van der Waals surface area contributed by atoms with Crippen LogP contribution < -0.4 is 5.32 Å². The maximum atomic E-state index is 12.3. The van der Waals surface area contributed by atoms with Gasteiger partial charge in [0, 0.05) is 32.1 Å². The smallest absolute Gasteiger partial charge is 0.224 e. The summed E-state index contributed by atoms with van der Waals surface area (Å²) >= 11 is 0. The lowest BCUT2D eigenvalue weighted by molar-refractivity contribution is -0.132. The van der Waals surface area contributed by atoms with Gasteiger partial charge in [-0.05, 0) is 25.8 Å². The van der Waals surface area contributed by atoms with E-state index in [9.17, 15) is 13.2 Å². The summed E-state index contributed by atoms with van der Waals surface area (Å²) in [5.41, 5.74) is 2.42. The maximum Gasteiger partial charge on any atom is 0.224 e. The second-order valence-corrected chi connectivity index (χ2v) is 8.38. The minimum absolute atomic E-state index is 0.0337. The predicted octanol–water partition coefficient (Wildman–Crippen LogP) is 1.51. The highest BCUT2D eigenvalue weighted by molar-refractivity contribution is 7.91. The molecule has 1 aliphatic rings. The third kappa shape index (κ3) is 5.32. The first-order valence-corrected chi connectivity index (χ1v) is 9.99. The van der Waals surface area contributed by atoms with Crippen molar-refractivity contribution in [1.82, 2.24) is 10.2 Å². The van der Waals surface area contributed by atoms with Gasteiger partial charge in [-0.15, -0.1) is 0 Å². The molecule has 5 nitrogen and oxygen atoms in total. The molecule has 2 rings (SSSR count). The second kappa shape index (κ2) is 7.93. The zero-order chi connectivity index (χ0) is 16.9. The Morgan fingerprint density at radius 1 is 1.39 bits per heavy atom. The van der Waals surface area contributed by atoms with Crippen molar-refractivity contribution in [2.45, 2.75) is 39.3 Å². The van der Waals surface area contributed by atoms with Crippen LogP contribution in [0.2, 0.25) is 0 Å². The van der Waals surface area contributed by atoms with Crippen molar-refractivity contribution >= 4 is 15.7 Å². The van der Waals surface area contributed by atoms with Gasteiger partial charge in [0.2, 0.25) is 5.91 Å². The Morgan fingerprint density at radius 2 is 2.17 bits per heavy atom. The van der Waals surface area contributed by atoms with Crippen molar-refractivity contribution in [1.29, 1.82) is 0 Å². The molecule has 0 saturated carbocycles. The van der Waals surface area contributed by atoms with Gasteiger partial charge < -0.3 is 10.2 Å². The minimum atomic E-state index is -2.96. The van der Waals surface area contributed by atoms with E-state index in [2.05, 4.69) is 30.4 Å². The molecule has 1 fully saturated rings. The van der Waals surface area contributed by atoms with E-state index in [1.54, 1.807) is 4.90 Å². The SMILES string of the molecule is CCN(C(=O)CCNCc1cccc(C)c1)C1CCS(=O)(=O)C1. The summed E-state index contributed by atoms with van der Waals surface area (Å²) in [5, 5.41) is 3.28. The molecule has 1 unspecified atom stereocenters. The number of aryl methyl sites for hydroxylation is 1. The van der Waals surface area contributed by atoms with Gasteiger partial charge in [0.25, 0.3) is 0 Å². The molecule has 1 amide bonds. The highest BCUT2D eigenvalue weighted by Gasteiger charge is 2.33. The van der Waals surface area contributed by atoms with Crippen LogP contribution in [0.1, 0.15) is 30.9 Å². The van der Waals surface area contributed by atoms with Crippen LogP contribution in [-0.2, 0) is 21.2 Å². The van der Waals surface area contributed by atoms with E-state index in [0.29, 0.717) is 25.9 Å². The van der Waals surface area contributed by atoms with E-state index in [4.69, 9.17) is 0 Å². The van der Waals surface area contributed by atoms with Crippen LogP contribution >= 0.6 is 0 Å². The molecule has 1 saturated heterocycles. The van der Waals surface area contributed by atoms with Gasteiger partial charge in [-0.2, -0.15) is 0 Å². The summed E-state index contributed by atoms with van der Waals surface area (Å²) in [4.78, 5) is 14.0. The highest BCUT2D eigenvalue weighted by atomic mass is 32.2. The molecular formula is C17H26N2O3S.